The van der Waals surface area contributed by atoms with E-state index in [1.165, 1.54) is 13.4 Å². The number of aromatic nitrogens is 2. The molecule has 1 atom stereocenters. The molecule has 1 aromatic heterocycles. The normalized spacial score (nSPS) is 17.3. The molecule has 2 aromatic carbocycles. The Bertz CT molecular complexity index is 1410. The van der Waals surface area contributed by atoms with Crippen molar-refractivity contribution >= 4 is 34.0 Å². The summed E-state index contributed by atoms with van der Waals surface area (Å²) in [5.41, 5.74) is 2.81. The molecule has 2 heterocycles. The molecular weight excluding hydrogens is 469 g/mol. The molecule has 4 rings (SSSR count). The molecule has 37 heavy (non-hydrogen) atoms. The van der Waals surface area contributed by atoms with Gasteiger partial charge in [0.1, 0.15) is 18.0 Å². The zero-order valence-electron chi connectivity index (χ0n) is 21.7. The van der Waals surface area contributed by atoms with E-state index in [1.54, 1.807) is 24.3 Å². The van der Waals surface area contributed by atoms with Gasteiger partial charge in [0, 0.05) is 30.0 Å². The van der Waals surface area contributed by atoms with E-state index >= 15 is 0 Å². The molecule has 0 bridgehead atoms. The summed E-state index contributed by atoms with van der Waals surface area (Å²) in [5.74, 6) is 6.43. The van der Waals surface area contributed by atoms with Gasteiger partial charge >= 0.3 is 0 Å². The first-order chi connectivity index (χ1) is 17.7. The third-order valence-electron chi connectivity index (χ3n) is 6.54. The largest absolute Gasteiger partial charge is 0.380 e. The lowest BCUT2D eigenvalue weighted by Crippen LogP contribution is -2.20. The van der Waals surface area contributed by atoms with E-state index in [1.807, 2.05) is 13.0 Å². The second kappa shape index (κ2) is 11.1. The highest BCUT2D eigenvalue weighted by atomic mass is 19.1. The molecule has 8 heteroatoms. The minimum Gasteiger partial charge on any atom is -0.380 e. The van der Waals surface area contributed by atoms with Crippen LogP contribution in [0.25, 0.3) is 10.9 Å². The number of halogens is 1. The van der Waals surface area contributed by atoms with Crippen LogP contribution in [-0.2, 0) is 16.0 Å². The molecular formula is C29H32FN5O2. The number of nitrogens with one attached hydrogen (secondary N) is 2. The number of benzene rings is 2. The van der Waals surface area contributed by atoms with Gasteiger partial charge in [0.25, 0.3) is 5.91 Å². The van der Waals surface area contributed by atoms with Crippen molar-refractivity contribution < 1.29 is 13.9 Å². The van der Waals surface area contributed by atoms with Crippen LogP contribution in [0, 0.1) is 23.1 Å². The smallest absolute Gasteiger partial charge is 0.253 e. The van der Waals surface area contributed by atoms with E-state index in [9.17, 15) is 9.18 Å². The van der Waals surface area contributed by atoms with Crippen LogP contribution in [0.1, 0.15) is 31.4 Å². The van der Waals surface area contributed by atoms with E-state index in [4.69, 9.17) is 4.74 Å². The van der Waals surface area contributed by atoms with Crippen LogP contribution in [-0.4, -0.2) is 54.6 Å². The first kappa shape index (κ1) is 26.3. The van der Waals surface area contributed by atoms with Crippen LogP contribution in [0.15, 0.2) is 48.8 Å². The predicted molar refractivity (Wildman–Crippen MR) is 145 cm³/mol. The van der Waals surface area contributed by atoms with Gasteiger partial charge < -0.3 is 20.3 Å². The van der Waals surface area contributed by atoms with Crippen LogP contribution in [0.3, 0.4) is 0 Å². The summed E-state index contributed by atoms with van der Waals surface area (Å²) in [7, 11) is 3.59. The van der Waals surface area contributed by atoms with Gasteiger partial charge in [0.2, 0.25) is 0 Å². The minimum atomic E-state index is -0.371. The number of methoxy groups -OCH3 is 1. The topological polar surface area (TPSA) is 79.4 Å². The van der Waals surface area contributed by atoms with Crippen molar-refractivity contribution in [3.05, 3.63) is 65.8 Å². The standard InChI is InChI=1S/C29H32FN5O2/c1-6-20-8-7-9-23(26(20)30)33-27-22-15-24(34-28(36)19(2)16-37-5)21(14-25(22)31-18-32-27)10-11-29(3)12-13-35(4)17-29/h7-9,14-15,18H,2,6,12-13,16-17H2,1,3-5H3,(H,34,36)(H,31,32,33)/t29-/m0/s1. The van der Waals surface area contributed by atoms with Gasteiger partial charge in [-0.05, 0) is 57.1 Å². The summed E-state index contributed by atoms with van der Waals surface area (Å²) in [6, 6.07) is 8.82. The summed E-state index contributed by atoms with van der Waals surface area (Å²) in [6.07, 6.45) is 2.97. The van der Waals surface area contributed by atoms with Gasteiger partial charge in [-0.3, -0.25) is 4.79 Å². The fraction of sp³-hybridized carbons (Fsp3) is 0.345. The number of ether oxygens (including phenoxy) is 1. The third-order valence-corrected chi connectivity index (χ3v) is 6.54. The zero-order chi connectivity index (χ0) is 26.6. The molecule has 1 amide bonds. The van der Waals surface area contributed by atoms with E-state index in [0.29, 0.717) is 45.6 Å². The van der Waals surface area contributed by atoms with Crippen molar-refractivity contribution in [2.45, 2.75) is 26.7 Å². The number of nitrogens with zero attached hydrogens (tertiary/aromatic N) is 3. The van der Waals surface area contributed by atoms with E-state index < -0.39 is 0 Å². The Morgan fingerprint density at radius 3 is 2.81 bits per heavy atom. The van der Waals surface area contributed by atoms with Gasteiger partial charge in [-0.2, -0.15) is 0 Å². The van der Waals surface area contributed by atoms with Crippen LogP contribution in [0.2, 0.25) is 0 Å². The SMILES string of the molecule is C=C(COC)C(=O)Nc1cc2c(Nc3cccc(CC)c3F)ncnc2cc1C#C[C@@]1(C)CCN(C)C1. The molecule has 0 unspecified atom stereocenters. The summed E-state index contributed by atoms with van der Waals surface area (Å²) >= 11 is 0. The zero-order valence-corrected chi connectivity index (χ0v) is 21.7. The number of hydrogen-bond acceptors (Lipinski definition) is 6. The molecule has 0 radical (unpaired) electrons. The van der Waals surface area contributed by atoms with Crippen LogP contribution < -0.4 is 10.6 Å². The van der Waals surface area contributed by atoms with E-state index in [-0.39, 0.29) is 29.3 Å². The van der Waals surface area contributed by atoms with Crippen molar-refractivity contribution in [1.82, 2.24) is 14.9 Å². The van der Waals surface area contributed by atoms with Gasteiger partial charge in [0.15, 0.2) is 0 Å². The molecule has 7 nitrogen and oxygen atoms in total. The average Bonchev–Trinajstić information content (AvgIpc) is 3.22. The number of carbonyl (C=O) groups excluding carboxylic acids is 1. The summed E-state index contributed by atoms with van der Waals surface area (Å²) in [4.78, 5) is 23.8. The molecule has 1 aliphatic heterocycles. The summed E-state index contributed by atoms with van der Waals surface area (Å²) < 4.78 is 20.0. The summed E-state index contributed by atoms with van der Waals surface area (Å²) in [5, 5.41) is 6.64. The molecule has 0 saturated carbocycles. The number of aryl methyl sites for hydroxylation is 1. The Kier molecular flexibility index (Phi) is 7.86. The number of anilines is 3. The minimum absolute atomic E-state index is 0.105. The second-order valence-corrected chi connectivity index (χ2v) is 9.68. The molecule has 1 aliphatic rings. The first-order valence-corrected chi connectivity index (χ1v) is 12.3. The summed E-state index contributed by atoms with van der Waals surface area (Å²) in [6.45, 7) is 9.82. The third kappa shape index (κ3) is 5.96. The number of carbonyl (C=O) groups is 1. The highest BCUT2D eigenvalue weighted by molar-refractivity contribution is 6.06. The molecule has 1 saturated heterocycles. The highest BCUT2D eigenvalue weighted by Gasteiger charge is 2.30. The maximum atomic E-state index is 14.9. The lowest BCUT2D eigenvalue weighted by molar-refractivity contribution is -0.113. The maximum Gasteiger partial charge on any atom is 0.253 e. The Hall–Kier alpha value is -3.80. The molecule has 3 aromatic rings. The number of likely N-dealkylation sites (tertiary alicyclic amines) is 1. The molecule has 0 spiro atoms. The average molecular weight is 502 g/mol. The van der Waals surface area contributed by atoms with Gasteiger partial charge in [0.05, 0.1) is 29.1 Å². The van der Waals surface area contributed by atoms with Crippen LogP contribution >= 0.6 is 0 Å². The van der Waals surface area contributed by atoms with Gasteiger partial charge in [-0.1, -0.05) is 37.5 Å². The van der Waals surface area contributed by atoms with Crippen molar-refractivity contribution in [2.24, 2.45) is 5.41 Å². The Balaban J connectivity index is 1.78. The lowest BCUT2D eigenvalue weighted by Gasteiger charge is -2.16. The Morgan fingerprint density at radius 1 is 1.30 bits per heavy atom. The Labute approximate surface area is 217 Å². The van der Waals surface area contributed by atoms with Crippen LogP contribution in [0.4, 0.5) is 21.6 Å². The van der Waals surface area contributed by atoms with Crippen molar-refractivity contribution in [3.63, 3.8) is 0 Å². The molecule has 0 aliphatic carbocycles. The number of rotatable bonds is 7. The number of amides is 1. The van der Waals surface area contributed by atoms with Crippen molar-refractivity contribution in [3.8, 4) is 11.8 Å². The molecule has 2 N–H and O–H groups in total. The number of fused-ring (bicyclic) bond motifs is 1. The fourth-order valence-corrected chi connectivity index (χ4v) is 4.45. The van der Waals surface area contributed by atoms with Gasteiger partial charge in [-0.25, -0.2) is 14.4 Å². The second-order valence-electron chi connectivity index (χ2n) is 9.68. The predicted octanol–water partition coefficient (Wildman–Crippen LogP) is 4.91. The van der Waals surface area contributed by atoms with Crippen LogP contribution in [0.5, 0.6) is 0 Å². The Morgan fingerprint density at radius 2 is 2.11 bits per heavy atom. The monoisotopic (exact) mass is 501 g/mol. The first-order valence-electron chi connectivity index (χ1n) is 12.3. The van der Waals surface area contributed by atoms with E-state index in [2.05, 4.69) is 57.9 Å². The van der Waals surface area contributed by atoms with Crippen molar-refractivity contribution in [2.75, 3.05) is 44.5 Å². The number of hydrogen-bond donors (Lipinski definition) is 2. The van der Waals surface area contributed by atoms with Gasteiger partial charge in [-0.15, -0.1) is 0 Å². The maximum absolute atomic E-state index is 14.9. The highest BCUT2D eigenvalue weighted by Crippen LogP contribution is 2.32. The van der Waals surface area contributed by atoms with Crippen molar-refractivity contribution in [1.29, 1.82) is 0 Å². The lowest BCUT2D eigenvalue weighted by atomic mass is 9.90. The quantitative estimate of drug-likeness (QED) is 0.354. The fourth-order valence-electron chi connectivity index (χ4n) is 4.45. The molecule has 192 valence electrons. The molecule has 1 fully saturated rings. The van der Waals surface area contributed by atoms with E-state index in [0.717, 1.165) is 19.5 Å².